The quantitative estimate of drug-likeness (QED) is 0.116. The maximum Gasteiger partial charge on any atom is 0.410 e. The molecule has 0 radical (unpaired) electrons. The molecule has 63 heavy (non-hydrogen) atoms. The molecule has 2 aliphatic heterocycles. The molecule has 10 rings (SSSR count). The molecule has 6 aromatic heterocycles. The molecule has 0 spiro atoms. The molecule has 326 valence electrons. The predicted molar refractivity (Wildman–Crippen MR) is 245 cm³/mol. The number of alkyl halides is 2. The van der Waals surface area contributed by atoms with Gasteiger partial charge in [0.2, 0.25) is 0 Å². The molecule has 1 amide bonds. The predicted octanol–water partition coefficient (Wildman–Crippen LogP) is 8.83. The zero-order valence-electron chi connectivity index (χ0n) is 35.6. The molecule has 2 fully saturated rings. The maximum atomic E-state index is 12.5. The van der Waals surface area contributed by atoms with Crippen molar-refractivity contribution in [1.82, 2.24) is 70.5 Å². The van der Waals surface area contributed by atoms with Gasteiger partial charge in [0.25, 0.3) is 0 Å². The molecule has 0 aliphatic carbocycles. The SMILES string of the molecule is ClCCl.Cn1nc(-c2ccncc2)c2cc(-c3n[nH]c([C@@H]4CCCN(C(=O)OC(C)(C)C)C4)n3)ccc21.c1cc(-c2n[nH]c3ccc(-c4n[nH]c([C@@H]5CCCNC5)n4)cc23)ccn1. The summed E-state index contributed by atoms with van der Waals surface area (Å²) in [7, 11) is 1.94. The van der Waals surface area contributed by atoms with Crippen molar-refractivity contribution < 1.29 is 9.53 Å². The highest BCUT2D eigenvalue weighted by atomic mass is 35.5. The van der Waals surface area contributed by atoms with Crippen LogP contribution in [0.5, 0.6) is 0 Å². The van der Waals surface area contributed by atoms with Crippen LogP contribution in [0.3, 0.4) is 0 Å². The Hall–Kier alpha value is -6.23. The number of rotatable bonds is 6. The number of nitrogens with zero attached hydrogens (tertiary/aromatic N) is 10. The van der Waals surface area contributed by atoms with Crippen LogP contribution >= 0.6 is 23.2 Å². The van der Waals surface area contributed by atoms with Crippen molar-refractivity contribution in [2.45, 2.75) is 63.9 Å². The van der Waals surface area contributed by atoms with Gasteiger partial charge < -0.3 is 15.0 Å². The molecule has 0 saturated carbocycles. The van der Waals surface area contributed by atoms with E-state index in [0.717, 1.165) is 105 Å². The van der Waals surface area contributed by atoms with E-state index < -0.39 is 5.60 Å². The van der Waals surface area contributed by atoms with E-state index in [4.69, 9.17) is 43.0 Å². The lowest BCUT2D eigenvalue weighted by Crippen LogP contribution is -2.42. The van der Waals surface area contributed by atoms with Gasteiger partial charge in [0.05, 0.1) is 16.4 Å². The first-order valence-corrected chi connectivity index (χ1v) is 22.1. The molecule has 0 unspecified atom stereocenters. The third-order valence-electron chi connectivity index (χ3n) is 11.0. The zero-order chi connectivity index (χ0) is 43.9. The Bertz CT molecular complexity index is 2750. The van der Waals surface area contributed by atoms with Crippen molar-refractivity contribution in [3.05, 3.63) is 97.1 Å². The van der Waals surface area contributed by atoms with Gasteiger partial charge >= 0.3 is 6.09 Å². The Morgan fingerprint density at radius 1 is 0.746 bits per heavy atom. The van der Waals surface area contributed by atoms with Crippen LogP contribution in [0.15, 0.2) is 85.5 Å². The number of hydrogen-bond acceptors (Lipinski definition) is 11. The first kappa shape index (κ1) is 43.4. The monoisotopic (exact) mass is 888 g/mol. The third-order valence-corrected chi connectivity index (χ3v) is 11.0. The highest BCUT2D eigenvalue weighted by molar-refractivity contribution is 6.40. The van der Waals surface area contributed by atoms with Crippen LogP contribution in [-0.4, -0.2) is 108 Å². The highest BCUT2D eigenvalue weighted by Crippen LogP contribution is 2.33. The lowest BCUT2D eigenvalue weighted by molar-refractivity contribution is 0.0196. The number of hydrogen-bond donors (Lipinski definition) is 4. The number of fused-ring (bicyclic) bond motifs is 2. The van der Waals surface area contributed by atoms with E-state index in [1.54, 1.807) is 29.7 Å². The van der Waals surface area contributed by atoms with Gasteiger partial charge in [-0.05, 0) is 114 Å². The molecule has 0 bridgehead atoms. The normalized spacial score (nSPS) is 16.6. The Kier molecular flexibility index (Phi) is 13.4. The number of amides is 1. The van der Waals surface area contributed by atoms with Gasteiger partial charge in [-0.1, -0.05) is 0 Å². The van der Waals surface area contributed by atoms with Crippen molar-refractivity contribution in [1.29, 1.82) is 0 Å². The number of likely N-dealkylation sites (tertiary alicyclic amines) is 1. The number of H-pyrrole nitrogens is 3. The molecule has 18 heteroatoms. The number of carbonyl (C=O) groups excluding carboxylic acids is 1. The largest absolute Gasteiger partial charge is 0.444 e. The molecule has 2 atom stereocenters. The second-order valence-corrected chi connectivity index (χ2v) is 17.3. The van der Waals surface area contributed by atoms with E-state index in [9.17, 15) is 4.79 Å². The minimum atomic E-state index is -0.510. The summed E-state index contributed by atoms with van der Waals surface area (Å²) in [6.07, 6.45) is 11.0. The first-order valence-electron chi connectivity index (χ1n) is 21.0. The van der Waals surface area contributed by atoms with Gasteiger partial charge in [0.15, 0.2) is 11.6 Å². The number of aromatic nitrogens is 12. The third kappa shape index (κ3) is 10.2. The number of carbonyl (C=O) groups is 1. The fraction of sp³-hybridized carbons (Fsp3) is 0.356. The molecule has 2 saturated heterocycles. The topological polar surface area (TPSA) is 197 Å². The lowest BCUT2D eigenvalue weighted by atomic mass is 9.98. The van der Waals surface area contributed by atoms with E-state index in [-0.39, 0.29) is 17.4 Å². The number of aryl methyl sites for hydroxylation is 1. The summed E-state index contributed by atoms with van der Waals surface area (Å²) in [5, 5.41) is 33.2. The second-order valence-electron chi connectivity index (χ2n) is 16.5. The Balaban J connectivity index is 0.000000168. The van der Waals surface area contributed by atoms with Crippen LogP contribution in [0.25, 0.3) is 67.1 Å². The molecular weight excluding hydrogens is 839 g/mol. The van der Waals surface area contributed by atoms with E-state index in [2.05, 4.69) is 58.0 Å². The van der Waals surface area contributed by atoms with Crippen LogP contribution in [0.4, 0.5) is 4.79 Å². The van der Waals surface area contributed by atoms with Gasteiger partial charge in [-0.3, -0.25) is 29.9 Å². The lowest BCUT2D eigenvalue weighted by Gasteiger charge is -2.33. The van der Waals surface area contributed by atoms with E-state index in [0.29, 0.717) is 24.8 Å². The van der Waals surface area contributed by atoms with Crippen LogP contribution in [-0.2, 0) is 11.8 Å². The molecule has 16 nitrogen and oxygen atoms in total. The first-order chi connectivity index (χ1) is 30.6. The molecular formula is C45H50Cl2N14O2. The van der Waals surface area contributed by atoms with Crippen molar-refractivity contribution in [2.75, 3.05) is 31.5 Å². The van der Waals surface area contributed by atoms with Gasteiger partial charge in [-0.2, -0.15) is 20.4 Å². The molecule has 2 aromatic carbocycles. The number of nitrogens with one attached hydrogen (secondary N) is 4. The van der Waals surface area contributed by atoms with Crippen LogP contribution < -0.4 is 5.32 Å². The van der Waals surface area contributed by atoms with Crippen LogP contribution in [0.2, 0.25) is 0 Å². The summed E-state index contributed by atoms with van der Waals surface area (Å²) in [6.45, 7) is 8.96. The number of benzene rings is 2. The number of piperidine rings is 2. The maximum absolute atomic E-state index is 12.5. The second kappa shape index (κ2) is 19.4. The minimum Gasteiger partial charge on any atom is -0.444 e. The fourth-order valence-electron chi connectivity index (χ4n) is 7.96. The van der Waals surface area contributed by atoms with Crippen molar-refractivity contribution in [3.63, 3.8) is 0 Å². The summed E-state index contributed by atoms with van der Waals surface area (Å²) >= 11 is 9.53. The number of aromatic amines is 3. The van der Waals surface area contributed by atoms with Crippen LogP contribution in [0, 0.1) is 0 Å². The minimum absolute atomic E-state index is 0.0945. The molecule has 8 aromatic rings. The highest BCUT2D eigenvalue weighted by Gasteiger charge is 2.30. The van der Waals surface area contributed by atoms with Gasteiger partial charge in [0.1, 0.15) is 28.6 Å². The summed E-state index contributed by atoms with van der Waals surface area (Å²) in [6, 6.07) is 20.1. The van der Waals surface area contributed by atoms with E-state index >= 15 is 0 Å². The summed E-state index contributed by atoms with van der Waals surface area (Å²) in [4.78, 5) is 32.1. The smallest absolute Gasteiger partial charge is 0.410 e. The van der Waals surface area contributed by atoms with Crippen molar-refractivity contribution in [2.24, 2.45) is 7.05 Å². The number of ether oxygens (including phenoxy) is 1. The molecule has 4 N–H and O–H groups in total. The number of pyridine rings is 2. The Morgan fingerprint density at radius 3 is 1.98 bits per heavy atom. The Labute approximate surface area is 374 Å². The Morgan fingerprint density at radius 2 is 1.35 bits per heavy atom. The fourth-order valence-corrected chi connectivity index (χ4v) is 7.96. The van der Waals surface area contributed by atoms with Crippen LogP contribution in [0.1, 0.15) is 69.9 Å². The molecule has 8 heterocycles. The summed E-state index contributed by atoms with van der Waals surface area (Å²) in [5.74, 6) is 3.63. The summed E-state index contributed by atoms with van der Waals surface area (Å²) < 4.78 is 7.44. The van der Waals surface area contributed by atoms with Crippen molar-refractivity contribution >= 4 is 51.1 Å². The van der Waals surface area contributed by atoms with Gasteiger partial charge in [0, 0.05) is 96.3 Å². The average Bonchev–Trinajstić information content (AvgIpc) is 4.14. The number of halogens is 2. The van der Waals surface area contributed by atoms with E-state index in [1.807, 2.05) is 81.0 Å². The van der Waals surface area contributed by atoms with Crippen molar-refractivity contribution in [3.8, 4) is 45.3 Å². The summed E-state index contributed by atoms with van der Waals surface area (Å²) in [5.41, 5.74) is 7.28. The molecule has 2 aliphatic rings. The average molecular weight is 890 g/mol. The zero-order valence-corrected chi connectivity index (χ0v) is 37.2. The standard InChI is InChI=1S/C25H29N7O2.C19H19N7.CH2Cl2/c1-25(2,3)34-24(33)32-13-5-6-18(15-32)23-27-22(28-29-23)17-7-8-20-19(14-17)21(30-31(20)4)16-9-11-26-12-10-16;1-2-14(11-21-7-1)19-22-18(25-26-19)13-3-4-16-15(10-13)17(24-23-16)12-5-8-20-9-6-12;2-1-3/h7-12,14,18H,5-6,13,15H2,1-4H3,(H,27,28,29);3-6,8-10,14,21H,1-2,7,11H2,(H,23,24)(H,22,25,26);1H2/t18-;14-;/m11./s1. The van der Waals surface area contributed by atoms with E-state index in [1.165, 1.54) is 6.42 Å². The van der Waals surface area contributed by atoms with Gasteiger partial charge in [-0.25, -0.2) is 14.8 Å². The van der Waals surface area contributed by atoms with Gasteiger partial charge in [-0.15, -0.1) is 23.2 Å².